The molecule has 0 saturated carbocycles. The van der Waals surface area contributed by atoms with E-state index >= 15 is 0 Å². The zero-order chi connectivity index (χ0) is 15.2. The Hall–Kier alpha value is -1.84. The van der Waals surface area contributed by atoms with Crippen LogP contribution in [-0.4, -0.2) is 29.8 Å². The SMILES string of the molecule is CCc1cccc(C)c1NC(=O)C(=O)N1CCCCCC1. The van der Waals surface area contributed by atoms with Crippen LogP contribution < -0.4 is 5.32 Å². The van der Waals surface area contributed by atoms with E-state index in [1.807, 2.05) is 32.0 Å². The first kappa shape index (κ1) is 15.5. The Labute approximate surface area is 126 Å². The summed E-state index contributed by atoms with van der Waals surface area (Å²) in [5.74, 6) is -0.914. The summed E-state index contributed by atoms with van der Waals surface area (Å²) in [6, 6.07) is 5.91. The Kier molecular flexibility index (Phi) is 5.37. The highest BCUT2D eigenvalue weighted by Crippen LogP contribution is 2.21. The number of para-hydroxylation sites is 1. The molecule has 0 atom stereocenters. The molecule has 1 aromatic rings. The molecule has 2 rings (SSSR count). The summed E-state index contributed by atoms with van der Waals surface area (Å²) < 4.78 is 0. The summed E-state index contributed by atoms with van der Waals surface area (Å²) >= 11 is 0. The third kappa shape index (κ3) is 3.84. The molecule has 1 fully saturated rings. The molecule has 1 heterocycles. The van der Waals surface area contributed by atoms with Crippen molar-refractivity contribution in [2.45, 2.75) is 46.0 Å². The van der Waals surface area contributed by atoms with Crippen molar-refractivity contribution in [1.29, 1.82) is 0 Å². The van der Waals surface area contributed by atoms with Gasteiger partial charge in [-0.3, -0.25) is 9.59 Å². The number of nitrogens with zero attached hydrogens (tertiary/aromatic N) is 1. The zero-order valence-corrected chi connectivity index (χ0v) is 12.9. The summed E-state index contributed by atoms with van der Waals surface area (Å²) in [7, 11) is 0. The lowest BCUT2D eigenvalue weighted by molar-refractivity contribution is -0.143. The number of carbonyl (C=O) groups excluding carboxylic acids is 2. The molecular weight excluding hydrogens is 264 g/mol. The van der Waals surface area contributed by atoms with Gasteiger partial charge in [0.2, 0.25) is 0 Å². The van der Waals surface area contributed by atoms with Gasteiger partial charge in [-0.1, -0.05) is 38.0 Å². The van der Waals surface area contributed by atoms with Crippen LogP contribution in [0.4, 0.5) is 5.69 Å². The van der Waals surface area contributed by atoms with E-state index in [1.54, 1.807) is 4.90 Å². The minimum absolute atomic E-state index is 0.401. The van der Waals surface area contributed by atoms with E-state index in [4.69, 9.17) is 0 Å². The Bertz CT molecular complexity index is 518. The normalized spacial score (nSPS) is 15.4. The van der Waals surface area contributed by atoms with Crippen LogP contribution in [0.15, 0.2) is 18.2 Å². The van der Waals surface area contributed by atoms with E-state index in [1.165, 1.54) is 0 Å². The molecule has 1 aliphatic rings. The quantitative estimate of drug-likeness (QED) is 0.851. The van der Waals surface area contributed by atoms with Crippen LogP contribution in [-0.2, 0) is 16.0 Å². The fraction of sp³-hybridized carbons (Fsp3) is 0.529. The highest BCUT2D eigenvalue weighted by molar-refractivity contribution is 6.39. The third-order valence-electron chi connectivity index (χ3n) is 4.07. The van der Waals surface area contributed by atoms with Crippen molar-refractivity contribution in [2.24, 2.45) is 0 Å². The van der Waals surface area contributed by atoms with Crippen LogP contribution in [0.25, 0.3) is 0 Å². The predicted molar refractivity (Wildman–Crippen MR) is 84.2 cm³/mol. The van der Waals surface area contributed by atoms with Gasteiger partial charge >= 0.3 is 11.8 Å². The number of rotatable bonds is 2. The van der Waals surface area contributed by atoms with Crippen LogP contribution in [0.3, 0.4) is 0 Å². The Morgan fingerprint density at radius 2 is 1.81 bits per heavy atom. The molecule has 0 aliphatic carbocycles. The number of aryl methyl sites for hydroxylation is 2. The molecule has 1 N–H and O–H groups in total. The summed E-state index contributed by atoms with van der Waals surface area (Å²) in [4.78, 5) is 26.2. The molecule has 4 nitrogen and oxygen atoms in total. The van der Waals surface area contributed by atoms with Crippen molar-refractivity contribution < 1.29 is 9.59 Å². The van der Waals surface area contributed by atoms with Crippen LogP contribution in [0.2, 0.25) is 0 Å². The summed E-state index contributed by atoms with van der Waals surface area (Å²) in [5, 5.41) is 2.82. The van der Waals surface area contributed by atoms with Crippen molar-refractivity contribution in [3.8, 4) is 0 Å². The number of amides is 2. The Morgan fingerprint density at radius 1 is 1.14 bits per heavy atom. The first-order valence-electron chi connectivity index (χ1n) is 7.82. The van der Waals surface area contributed by atoms with Crippen molar-refractivity contribution in [1.82, 2.24) is 4.90 Å². The van der Waals surface area contributed by atoms with Crippen molar-refractivity contribution in [3.05, 3.63) is 29.3 Å². The minimum Gasteiger partial charge on any atom is -0.334 e. The average Bonchev–Trinajstić information content (AvgIpc) is 2.77. The number of nitrogens with one attached hydrogen (secondary N) is 1. The Balaban J connectivity index is 2.08. The number of hydrogen-bond donors (Lipinski definition) is 1. The largest absolute Gasteiger partial charge is 0.334 e. The second kappa shape index (κ2) is 7.25. The predicted octanol–water partition coefficient (Wildman–Crippen LogP) is 2.90. The van der Waals surface area contributed by atoms with Gasteiger partial charge in [-0.25, -0.2) is 0 Å². The molecule has 0 aromatic heterocycles. The van der Waals surface area contributed by atoms with Crippen LogP contribution >= 0.6 is 0 Å². The second-order valence-corrected chi connectivity index (χ2v) is 5.62. The van der Waals surface area contributed by atoms with Crippen molar-refractivity contribution >= 4 is 17.5 Å². The lowest BCUT2D eigenvalue weighted by Crippen LogP contribution is -2.40. The van der Waals surface area contributed by atoms with Crippen LogP contribution in [0.5, 0.6) is 0 Å². The van der Waals surface area contributed by atoms with Gasteiger partial charge < -0.3 is 10.2 Å². The zero-order valence-electron chi connectivity index (χ0n) is 12.9. The number of hydrogen-bond acceptors (Lipinski definition) is 2. The fourth-order valence-electron chi connectivity index (χ4n) is 2.79. The molecule has 0 bridgehead atoms. The molecule has 4 heteroatoms. The maximum atomic E-state index is 12.3. The topological polar surface area (TPSA) is 49.4 Å². The maximum absolute atomic E-state index is 12.3. The lowest BCUT2D eigenvalue weighted by Gasteiger charge is -2.20. The maximum Gasteiger partial charge on any atom is 0.313 e. The third-order valence-corrected chi connectivity index (χ3v) is 4.07. The summed E-state index contributed by atoms with van der Waals surface area (Å²) in [6.07, 6.45) is 5.09. The van der Waals surface area contributed by atoms with E-state index < -0.39 is 11.8 Å². The molecule has 1 saturated heterocycles. The molecule has 0 spiro atoms. The fourth-order valence-corrected chi connectivity index (χ4v) is 2.79. The van der Waals surface area contributed by atoms with Gasteiger partial charge in [-0.2, -0.15) is 0 Å². The summed E-state index contributed by atoms with van der Waals surface area (Å²) in [5.41, 5.74) is 2.84. The number of benzene rings is 1. The molecule has 1 aliphatic heterocycles. The van der Waals surface area contributed by atoms with E-state index in [9.17, 15) is 9.59 Å². The first-order chi connectivity index (χ1) is 10.1. The standard InChI is InChI=1S/C17H24N2O2/c1-3-14-10-8-9-13(2)15(14)18-16(20)17(21)19-11-6-4-5-7-12-19/h8-10H,3-7,11-12H2,1-2H3,(H,18,20). The number of anilines is 1. The molecule has 0 unspecified atom stereocenters. The van der Waals surface area contributed by atoms with Gasteiger partial charge in [-0.15, -0.1) is 0 Å². The van der Waals surface area contributed by atoms with Gasteiger partial charge in [-0.05, 0) is 37.3 Å². The Morgan fingerprint density at radius 3 is 2.43 bits per heavy atom. The first-order valence-corrected chi connectivity index (χ1v) is 7.82. The van der Waals surface area contributed by atoms with E-state index in [2.05, 4.69) is 5.32 Å². The molecule has 114 valence electrons. The number of likely N-dealkylation sites (tertiary alicyclic amines) is 1. The van der Waals surface area contributed by atoms with E-state index in [0.29, 0.717) is 13.1 Å². The van der Waals surface area contributed by atoms with E-state index in [0.717, 1.165) is 48.9 Å². The second-order valence-electron chi connectivity index (χ2n) is 5.62. The summed E-state index contributed by atoms with van der Waals surface area (Å²) in [6.45, 7) is 5.38. The van der Waals surface area contributed by atoms with Gasteiger partial charge in [0.1, 0.15) is 0 Å². The van der Waals surface area contributed by atoms with Crippen molar-refractivity contribution in [2.75, 3.05) is 18.4 Å². The minimum atomic E-state index is -0.513. The van der Waals surface area contributed by atoms with Gasteiger partial charge in [0.15, 0.2) is 0 Å². The highest BCUT2D eigenvalue weighted by Gasteiger charge is 2.23. The average molecular weight is 288 g/mol. The molecule has 2 amide bonds. The molecule has 21 heavy (non-hydrogen) atoms. The van der Waals surface area contributed by atoms with Crippen LogP contribution in [0, 0.1) is 6.92 Å². The van der Waals surface area contributed by atoms with Gasteiger partial charge in [0, 0.05) is 18.8 Å². The molecule has 0 radical (unpaired) electrons. The number of carbonyl (C=O) groups is 2. The molecular formula is C17H24N2O2. The lowest BCUT2D eigenvalue weighted by atomic mass is 10.1. The highest BCUT2D eigenvalue weighted by atomic mass is 16.2. The molecule has 1 aromatic carbocycles. The van der Waals surface area contributed by atoms with E-state index in [-0.39, 0.29) is 0 Å². The van der Waals surface area contributed by atoms with Gasteiger partial charge in [0.25, 0.3) is 0 Å². The smallest absolute Gasteiger partial charge is 0.313 e. The van der Waals surface area contributed by atoms with Crippen molar-refractivity contribution in [3.63, 3.8) is 0 Å². The monoisotopic (exact) mass is 288 g/mol. The van der Waals surface area contributed by atoms with Gasteiger partial charge in [0.05, 0.1) is 0 Å². The van der Waals surface area contributed by atoms with Crippen LogP contribution in [0.1, 0.15) is 43.7 Å².